The van der Waals surface area contributed by atoms with E-state index in [9.17, 15) is 36.4 Å². The quantitative estimate of drug-likeness (QED) is 0.572. The molecule has 2 aromatic rings. The van der Waals surface area contributed by atoms with Crippen molar-refractivity contribution in [1.82, 2.24) is 0 Å². The third-order valence-electron chi connectivity index (χ3n) is 5.54. The van der Waals surface area contributed by atoms with Crippen molar-refractivity contribution in [2.75, 3.05) is 25.4 Å². The minimum atomic E-state index is -5.12. The van der Waals surface area contributed by atoms with Gasteiger partial charge >= 0.3 is 18.1 Å². The summed E-state index contributed by atoms with van der Waals surface area (Å²) in [5.41, 5.74) is 3.37. The van der Waals surface area contributed by atoms with Crippen molar-refractivity contribution in [3.05, 3.63) is 82.3 Å². The molecule has 37 heavy (non-hydrogen) atoms. The molecule has 0 aromatic heterocycles. The molecule has 1 atom stereocenters. The number of benzene rings is 2. The van der Waals surface area contributed by atoms with E-state index in [1.54, 1.807) is 30.3 Å². The molecular weight excluding hydrogens is 515 g/mol. The number of halogens is 3. The molecule has 0 spiro atoms. The molecule has 9 nitrogen and oxygen atoms in total. The first-order chi connectivity index (χ1) is 17.3. The van der Waals surface area contributed by atoms with E-state index in [1.807, 2.05) is 6.07 Å². The molecule has 1 unspecified atom stereocenters. The van der Waals surface area contributed by atoms with Gasteiger partial charge in [0.1, 0.15) is 11.5 Å². The van der Waals surface area contributed by atoms with Crippen LogP contribution in [-0.2, 0) is 35.1 Å². The summed E-state index contributed by atoms with van der Waals surface area (Å²) in [7, 11) is -2.31. The molecule has 194 valence electrons. The van der Waals surface area contributed by atoms with Crippen LogP contribution in [0.4, 0.5) is 18.9 Å². The number of hydrogen-bond donors (Lipinski definition) is 1. The number of hydrogen-bond acceptors (Lipinski definition) is 9. The number of nitriles is 1. The van der Waals surface area contributed by atoms with Crippen molar-refractivity contribution in [2.45, 2.75) is 17.0 Å². The Bertz CT molecular complexity index is 1480. The molecule has 0 radical (unpaired) electrons. The SMILES string of the molecule is COC(=O)C1=C(C(=O)OC)N(c2ccc(S(C)(=O)=O)c(C(F)(F)F)c2)C(N)=C(C#N)C1c1ccccc1. The minimum Gasteiger partial charge on any atom is -0.466 e. The van der Waals surface area contributed by atoms with Gasteiger partial charge in [-0.3, -0.25) is 4.90 Å². The second kappa shape index (κ2) is 9.98. The highest BCUT2D eigenvalue weighted by atomic mass is 32.2. The zero-order valence-corrected chi connectivity index (χ0v) is 20.5. The van der Waals surface area contributed by atoms with Crippen LogP contribution >= 0.6 is 0 Å². The number of allylic oxidation sites excluding steroid dienone is 1. The molecule has 0 saturated heterocycles. The molecular formula is C24H20F3N3O6S. The second-order valence-electron chi connectivity index (χ2n) is 7.79. The summed E-state index contributed by atoms with van der Waals surface area (Å²) in [6.07, 6.45) is -4.51. The fourth-order valence-corrected chi connectivity index (χ4v) is 4.87. The molecule has 0 aliphatic carbocycles. The number of anilines is 1. The van der Waals surface area contributed by atoms with Crippen LogP contribution in [0.3, 0.4) is 0 Å². The van der Waals surface area contributed by atoms with Crippen LogP contribution in [0, 0.1) is 11.3 Å². The molecule has 0 fully saturated rings. The minimum absolute atomic E-state index is 0.264. The van der Waals surface area contributed by atoms with Crippen LogP contribution in [0.5, 0.6) is 0 Å². The Labute approximate surface area is 210 Å². The highest BCUT2D eigenvalue weighted by molar-refractivity contribution is 7.90. The maximum absolute atomic E-state index is 13.9. The van der Waals surface area contributed by atoms with E-state index in [1.165, 1.54) is 0 Å². The maximum Gasteiger partial charge on any atom is 0.417 e. The molecule has 0 saturated carbocycles. The fraction of sp³-hybridized carbons (Fsp3) is 0.208. The highest BCUT2D eigenvalue weighted by Gasteiger charge is 2.44. The first-order valence-corrected chi connectivity index (χ1v) is 12.2. The number of carbonyl (C=O) groups excluding carboxylic acids is 2. The summed E-state index contributed by atoms with van der Waals surface area (Å²) in [5, 5.41) is 9.98. The zero-order chi connectivity index (χ0) is 27.7. The lowest BCUT2D eigenvalue weighted by molar-refractivity contribution is -0.140. The number of esters is 2. The predicted molar refractivity (Wildman–Crippen MR) is 124 cm³/mol. The van der Waals surface area contributed by atoms with E-state index >= 15 is 0 Å². The summed E-state index contributed by atoms with van der Waals surface area (Å²) < 4.78 is 75.3. The number of nitrogens with zero attached hydrogens (tertiary/aromatic N) is 2. The topological polar surface area (TPSA) is 140 Å². The van der Waals surface area contributed by atoms with E-state index < -0.39 is 67.1 Å². The summed E-state index contributed by atoms with van der Waals surface area (Å²) in [5.74, 6) is -3.92. The number of alkyl halides is 3. The van der Waals surface area contributed by atoms with E-state index in [4.69, 9.17) is 15.2 Å². The van der Waals surface area contributed by atoms with Crippen molar-refractivity contribution in [1.29, 1.82) is 5.26 Å². The van der Waals surface area contributed by atoms with Crippen molar-refractivity contribution >= 4 is 27.5 Å². The molecule has 0 bridgehead atoms. The first kappa shape index (κ1) is 27.3. The Balaban J connectivity index is 2.47. The van der Waals surface area contributed by atoms with Gasteiger partial charge in [0.15, 0.2) is 9.84 Å². The van der Waals surface area contributed by atoms with Gasteiger partial charge in [-0.05, 0) is 23.8 Å². The number of methoxy groups -OCH3 is 2. The molecule has 0 amide bonds. The number of ether oxygens (including phenoxy) is 2. The van der Waals surface area contributed by atoms with Crippen LogP contribution in [0.2, 0.25) is 0 Å². The molecule has 2 N–H and O–H groups in total. The lowest BCUT2D eigenvalue weighted by Gasteiger charge is -2.36. The summed E-state index contributed by atoms with van der Waals surface area (Å²) in [6.45, 7) is 0. The monoisotopic (exact) mass is 535 g/mol. The Hall–Kier alpha value is -4.31. The standard InChI is InChI=1S/C24H20F3N3O6S/c1-35-22(31)19-18(13-7-5-4-6-8-13)15(12-28)21(29)30(20(19)23(32)36-2)14-9-10-17(37(3,33)34)16(11-14)24(25,26)27/h4-11,18H,29H2,1-3H3. The second-order valence-corrected chi connectivity index (χ2v) is 9.77. The van der Waals surface area contributed by atoms with Crippen LogP contribution in [0.25, 0.3) is 0 Å². The van der Waals surface area contributed by atoms with Crippen molar-refractivity contribution in [3.8, 4) is 6.07 Å². The Kier molecular flexibility index (Phi) is 7.36. The van der Waals surface area contributed by atoms with Gasteiger partial charge < -0.3 is 15.2 Å². The number of rotatable bonds is 5. The van der Waals surface area contributed by atoms with E-state index in [0.29, 0.717) is 24.0 Å². The smallest absolute Gasteiger partial charge is 0.417 e. The average molecular weight is 536 g/mol. The van der Waals surface area contributed by atoms with Crippen LogP contribution < -0.4 is 10.6 Å². The number of carbonyl (C=O) groups is 2. The molecule has 1 aliphatic rings. The Morgan fingerprint density at radius 1 is 1.05 bits per heavy atom. The van der Waals surface area contributed by atoms with Gasteiger partial charge in [-0.1, -0.05) is 30.3 Å². The Morgan fingerprint density at radius 3 is 2.14 bits per heavy atom. The number of sulfone groups is 1. The summed E-state index contributed by atoms with van der Waals surface area (Å²) in [4.78, 5) is 25.7. The van der Waals surface area contributed by atoms with Crippen molar-refractivity contribution < 1.29 is 40.7 Å². The lowest BCUT2D eigenvalue weighted by Crippen LogP contribution is -2.41. The van der Waals surface area contributed by atoms with Gasteiger partial charge in [0.25, 0.3) is 0 Å². The van der Waals surface area contributed by atoms with Crippen LogP contribution in [0.15, 0.2) is 76.1 Å². The van der Waals surface area contributed by atoms with E-state index in [-0.39, 0.29) is 5.57 Å². The lowest BCUT2D eigenvalue weighted by atomic mass is 9.81. The molecule has 3 rings (SSSR count). The van der Waals surface area contributed by atoms with Gasteiger partial charge in [-0.25, -0.2) is 18.0 Å². The van der Waals surface area contributed by atoms with Crippen molar-refractivity contribution in [2.24, 2.45) is 5.73 Å². The van der Waals surface area contributed by atoms with E-state index in [0.717, 1.165) is 25.2 Å². The molecule has 13 heteroatoms. The third-order valence-corrected chi connectivity index (χ3v) is 6.69. The normalized spacial score (nSPS) is 16.4. The van der Waals surface area contributed by atoms with Gasteiger partial charge in [-0.2, -0.15) is 18.4 Å². The van der Waals surface area contributed by atoms with Gasteiger partial charge in [0.2, 0.25) is 0 Å². The van der Waals surface area contributed by atoms with Crippen LogP contribution in [0.1, 0.15) is 17.0 Å². The highest BCUT2D eigenvalue weighted by Crippen LogP contribution is 2.44. The average Bonchev–Trinajstić information content (AvgIpc) is 2.86. The van der Waals surface area contributed by atoms with Gasteiger partial charge in [0.05, 0.1) is 47.8 Å². The van der Waals surface area contributed by atoms with E-state index in [2.05, 4.69) is 0 Å². The maximum atomic E-state index is 13.9. The van der Waals surface area contributed by atoms with Crippen molar-refractivity contribution in [3.63, 3.8) is 0 Å². The molecule has 1 aliphatic heterocycles. The third kappa shape index (κ3) is 5.01. The summed E-state index contributed by atoms with van der Waals surface area (Å²) in [6, 6.07) is 12.0. The number of nitrogens with two attached hydrogens (primary N) is 1. The van der Waals surface area contributed by atoms with Gasteiger partial charge in [0, 0.05) is 11.9 Å². The van der Waals surface area contributed by atoms with Gasteiger partial charge in [-0.15, -0.1) is 0 Å². The molecule has 2 aromatic carbocycles. The zero-order valence-electron chi connectivity index (χ0n) is 19.7. The largest absolute Gasteiger partial charge is 0.466 e. The summed E-state index contributed by atoms with van der Waals surface area (Å²) >= 11 is 0. The fourth-order valence-electron chi connectivity index (χ4n) is 3.98. The molecule has 1 heterocycles. The van der Waals surface area contributed by atoms with Crippen LogP contribution in [-0.4, -0.2) is 40.8 Å². The first-order valence-electron chi connectivity index (χ1n) is 10.3. The predicted octanol–water partition coefficient (Wildman–Crippen LogP) is 3.01. The Morgan fingerprint density at radius 2 is 1.65 bits per heavy atom.